The van der Waals surface area contributed by atoms with E-state index in [1.165, 1.54) is 6.08 Å². The number of nitrogens with one attached hydrogen (secondary N) is 1. The number of phenolic OH excluding ortho intramolecular Hbond substituents is 1. The third-order valence-corrected chi connectivity index (χ3v) is 2.80. The van der Waals surface area contributed by atoms with E-state index < -0.39 is 0 Å². The molecular weight excluding hydrogens is 242 g/mol. The number of phenols is 1. The molecule has 104 valence electrons. The highest BCUT2D eigenvalue weighted by atomic mass is 16.3. The maximum Gasteiger partial charge on any atom is 0.243 e. The van der Waals surface area contributed by atoms with Crippen molar-refractivity contribution in [3.63, 3.8) is 0 Å². The topological polar surface area (TPSA) is 69.6 Å². The zero-order chi connectivity index (χ0) is 14.1. The number of hydrogen-bond acceptors (Lipinski definition) is 3. The van der Waals surface area contributed by atoms with E-state index in [0.717, 1.165) is 18.4 Å². The molecule has 1 aromatic rings. The second-order valence-corrected chi connectivity index (χ2v) is 4.65. The highest BCUT2D eigenvalue weighted by Gasteiger charge is 2.00. The molecule has 4 heteroatoms. The number of carbonyl (C=O) groups is 1. The first-order valence-corrected chi connectivity index (χ1v) is 6.47. The molecule has 1 unspecified atom stereocenters. The van der Waals surface area contributed by atoms with Crippen LogP contribution in [0.25, 0.3) is 6.08 Å². The summed E-state index contributed by atoms with van der Waals surface area (Å²) in [5.41, 5.74) is 0.863. The van der Waals surface area contributed by atoms with Crippen LogP contribution in [0.4, 0.5) is 0 Å². The molecule has 0 heterocycles. The molecule has 0 fully saturated rings. The largest absolute Gasteiger partial charge is 0.508 e. The van der Waals surface area contributed by atoms with E-state index in [0.29, 0.717) is 6.54 Å². The van der Waals surface area contributed by atoms with Gasteiger partial charge in [0.05, 0.1) is 0 Å². The molecule has 0 aliphatic heterocycles. The van der Waals surface area contributed by atoms with Gasteiger partial charge in [-0.2, -0.15) is 0 Å². The number of hydrogen-bond donors (Lipinski definition) is 3. The molecule has 0 radical (unpaired) electrons. The van der Waals surface area contributed by atoms with Gasteiger partial charge >= 0.3 is 0 Å². The number of benzene rings is 1. The van der Waals surface area contributed by atoms with E-state index in [2.05, 4.69) is 5.32 Å². The standard InChI is InChI=1S/C15H21NO3/c1-12(11-17)3-2-10-16-15(19)9-6-13-4-7-14(18)8-5-13/h4-9,12,17-18H,2-3,10-11H2,1H3,(H,16,19)/b9-6+. The summed E-state index contributed by atoms with van der Waals surface area (Å²) in [6.45, 7) is 2.78. The van der Waals surface area contributed by atoms with Crippen molar-refractivity contribution in [3.05, 3.63) is 35.9 Å². The lowest BCUT2D eigenvalue weighted by atomic mass is 10.1. The van der Waals surface area contributed by atoms with Crippen molar-refractivity contribution in [1.82, 2.24) is 5.32 Å². The Labute approximate surface area is 113 Å². The molecule has 1 aromatic carbocycles. The molecule has 0 saturated heterocycles. The van der Waals surface area contributed by atoms with Gasteiger partial charge in [-0.1, -0.05) is 19.1 Å². The summed E-state index contributed by atoms with van der Waals surface area (Å²) in [7, 11) is 0. The lowest BCUT2D eigenvalue weighted by Crippen LogP contribution is -2.22. The predicted octanol–water partition coefficient (Wildman–Crippen LogP) is 1.93. The highest BCUT2D eigenvalue weighted by Crippen LogP contribution is 2.10. The smallest absolute Gasteiger partial charge is 0.243 e. The van der Waals surface area contributed by atoms with E-state index >= 15 is 0 Å². The third kappa shape index (κ3) is 6.62. The first kappa shape index (κ1) is 15.2. The van der Waals surface area contributed by atoms with Crippen molar-refractivity contribution < 1.29 is 15.0 Å². The number of carbonyl (C=O) groups excluding carboxylic acids is 1. The minimum atomic E-state index is -0.135. The number of aliphatic hydroxyl groups excluding tert-OH is 1. The Bertz CT molecular complexity index is 412. The number of amides is 1. The second-order valence-electron chi connectivity index (χ2n) is 4.65. The number of rotatable bonds is 7. The summed E-state index contributed by atoms with van der Waals surface area (Å²) in [5.74, 6) is 0.355. The Kier molecular flexibility index (Phi) is 6.68. The van der Waals surface area contributed by atoms with E-state index in [1.807, 2.05) is 6.92 Å². The monoisotopic (exact) mass is 263 g/mol. The summed E-state index contributed by atoms with van der Waals surface area (Å²) >= 11 is 0. The quantitative estimate of drug-likeness (QED) is 0.520. The third-order valence-electron chi connectivity index (χ3n) is 2.80. The average Bonchev–Trinajstić information content (AvgIpc) is 2.42. The van der Waals surface area contributed by atoms with Crippen LogP contribution in [-0.2, 0) is 4.79 Å². The molecule has 3 N–H and O–H groups in total. The van der Waals surface area contributed by atoms with Crippen LogP contribution in [0.3, 0.4) is 0 Å². The van der Waals surface area contributed by atoms with Crippen LogP contribution < -0.4 is 5.32 Å². The van der Waals surface area contributed by atoms with Crippen molar-refractivity contribution in [2.24, 2.45) is 5.92 Å². The van der Waals surface area contributed by atoms with Crippen molar-refractivity contribution in [3.8, 4) is 5.75 Å². The highest BCUT2D eigenvalue weighted by molar-refractivity contribution is 5.91. The van der Waals surface area contributed by atoms with Gasteiger partial charge < -0.3 is 15.5 Å². The molecule has 0 aromatic heterocycles. The van der Waals surface area contributed by atoms with E-state index in [1.54, 1.807) is 30.3 Å². The Balaban J connectivity index is 2.25. The van der Waals surface area contributed by atoms with Crippen LogP contribution >= 0.6 is 0 Å². The Hall–Kier alpha value is -1.81. The Morgan fingerprint density at radius 2 is 2.05 bits per heavy atom. The van der Waals surface area contributed by atoms with Crippen LogP contribution in [0.2, 0.25) is 0 Å². The maximum atomic E-state index is 11.5. The van der Waals surface area contributed by atoms with Gasteiger partial charge in [-0.25, -0.2) is 0 Å². The van der Waals surface area contributed by atoms with Crippen LogP contribution in [0.1, 0.15) is 25.3 Å². The summed E-state index contributed by atoms with van der Waals surface area (Å²) in [6.07, 6.45) is 4.94. The van der Waals surface area contributed by atoms with Crippen LogP contribution in [0, 0.1) is 5.92 Å². The van der Waals surface area contributed by atoms with Crippen molar-refractivity contribution >= 4 is 12.0 Å². The van der Waals surface area contributed by atoms with Gasteiger partial charge in [-0.05, 0) is 42.5 Å². The van der Waals surface area contributed by atoms with Gasteiger partial charge in [0.25, 0.3) is 0 Å². The SMILES string of the molecule is CC(CO)CCCNC(=O)/C=C/c1ccc(O)cc1. The molecule has 19 heavy (non-hydrogen) atoms. The fraction of sp³-hybridized carbons (Fsp3) is 0.400. The zero-order valence-corrected chi connectivity index (χ0v) is 11.2. The molecule has 0 aliphatic rings. The van der Waals surface area contributed by atoms with E-state index in [-0.39, 0.29) is 24.2 Å². The van der Waals surface area contributed by atoms with Crippen molar-refractivity contribution in [2.45, 2.75) is 19.8 Å². The Morgan fingerprint density at radius 1 is 1.37 bits per heavy atom. The zero-order valence-electron chi connectivity index (χ0n) is 11.2. The molecule has 4 nitrogen and oxygen atoms in total. The number of aromatic hydroxyl groups is 1. The predicted molar refractivity (Wildman–Crippen MR) is 75.6 cm³/mol. The normalized spacial score (nSPS) is 12.5. The number of aliphatic hydroxyl groups is 1. The van der Waals surface area contributed by atoms with E-state index in [9.17, 15) is 4.79 Å². The summed E-state index contributed by atoms with van der Waals surface area (Å²) in [6, 6.07) is 6.63. The van der Waals surface area contributed by atoms with Crippen LogP contribution in [0.5, 0.6) is 5.75 Å². The molecule has 1 rings (SSSR count). The summed E-state index contributed by atoms with van der Waals surface area (Å²) in [4.78, 5) is 11.5. The molecule has 1 amide bonds. The summed E-state index contributed by atoms with van der Waals surface area (Å²) in [5, 5.41) is 20.8. The fourth-order valence-electron chi connectivity index (χ4n) is 1.57. The van der Waals surface area contributed by atoms with Gasteiger partial charge in [-0.15, -0.1) is 0 Å². The molecule has 0 aliphatic carbocycles. The second kappa shape index (κ2) is 8.32. The minimum Gasteiger partial charge on any atom is -0.508 e. The molecule has 0 spiro atoms. The first-order chi connectivity index (χ1) is 9.11. The molecule has 0 saturated carbocycles. The molecule has 0 bridgehead atoms. The average molecular weight is 263 g/mol. The lowest BCUT2D eigenvalue weighted by Gasteiger charge is -2.07. The van der Waals surface area contributed by atoms with Gasteiger partial charge in [-0.3, -0.25) is 4.79 Å². The fourth-order valence-corrected chi connectivity index (χ4v) is 1.57. The summed E-state index contributed by atoms with van der Waals surface area (Å²) < 4.78 is 0. The van der Waals surface area contributed by atoms with Gasteiger partial charge in [0.2, 0.25) is 5.91 Å². The van der Waals surface area contributed by atoms with E-state index in [4.69, 9.17) is 10.2 Å². The van der Waals surface area contributed by atoms with Crippen LogP contribution in [0.15, 0.2) is 30.3 Å². The maximum absolute atomic E-state index is 11.5. The van der Waals surface area contributed by atoms with Gasteiger partial charge in [0.1, 0.15) is 5.75 Å². The minimum absolute atomic E-state index is 0.135. The van der Waals surface area contributed by atoms with Crippen molar-refractivity contribution in [2.75, 3.05) is 13.2 Å². The van der Waals surface area contributed by atoms with Crippen molar-refractivity contribution in [1.29, 1.82) is 0 Å². The van der Waals surface area contributed by atoms with Gasteiger partial charge in [0, 0.05) is 19.2 Å². The lowest BCUT2D eigenvalue weighted by molar-refractivity contribution is -0.116. The molecular formula is C15H21NO3. The molecule has 1 atom stereocenters. The first-order valence-electron chi connectivity index (χ1n) is 6.47. The van der Waals surface area contributed by atoms with Crippen LogP contribution in [-0.4, -0.2) is 29.3 Å². The Morgan fingerprint density at radius 3 is 2.68 bits per heavy atom. The van der Waals surface area contributed by atoms with Gasteiger partial charge in [0.15, 0.2) is 0 Å².